The number of carbonyl (C=O) groups is 4. The maximum absolute atomic E-state index is 13.7. The minimum absolute atomic E-state index is 0.0329. The summed E-state index contributed by atoms with van der Waals surface area (Å²) in [4.78, 5) is 57.3. The number of fused-ring (bicyclic) bond motifs is 1. The van der Waals surface area contributed by atoms with Gasteiger partial charge in [-0.2, -0.15) is 5.26 Å². The van der Waals surface area contributed by atoms with E-state index in [1.54, 1.807) is 18.7 Å². The Morgan fingerprint density at radius 1 is 1.05 bits per heavy atom. The molecule has 1 aliphatic rings. The van der Waals surface area contributed by atoms with Crippen LogP contribution in [0.3, 0.4) is 0 Å². The number of urea groups is 1. The molecule has 0 spiro atoms. The highest BCUT2D eigenvalue weighted by Gasteiger charge is 2.35. The van der Waals surface area contributed by atoms with Crippen molar-refractivity contribution in [2.45, 2.75) is 110 Å². The van der Waals surface area contributed by atoms with Crippen molar-refractivity contribution in [1.82, 2.24) is 25.8 Å². The van der Waals surface area contributed by atoms with E-state index in [4.69, 9.17) is 0 Å². The number of carboxylic acid groups (broad SMARTS) is 1. The first-order chi connectivity index (χ1) is 20.0. The van der Waals surface area contributed by atoms with Crippen LogP contribution >= 0.6 is 0 Å². The van der Waals surface area contributed by atoms with Gasteiger partial charge in [-0.15, -0.1) is 0 Å². The first-order valence-corrected chi connectivity index (χ1v) is 14.9. The van der Waals surface area contributed by atoms with Gasteiger partial charge in [0, 0.05) is 29.4 Å². The van der Waals surface area contributed by atoms with E-state index in [1.165, 1.54) is 0 Å². The Morgan fingerprint density at radius 2 is 1.69 bits per heavy atom. The zero-order valence-corrected chi connectivity index (χ0v) is 25.2. The van der Waals surface area contributed by atoms with Gasteiger partial charge in [0.05, 0.1) is 0 Å². The molecule has 2 aromatic rings. The van der Waals surface area contributed by atoms with Gasteiger partial charge in [0.1, 0.15) is 29.9 Å². The minimum atomic E-state index is -1.20. The number of piperidine rings is 1. The number of hydrogen-bond acceptors (Lipinski definition) is 5. The number of amides is 4. The number of nitriles is 1. The topological polar surface area (TPSA) is 167 Å². The number of unbranched alkanes of at least 4 members (excludes halogenated alkanes) is 1. The molecule has 1 fully saturated rings. The van der Waals surface area contributed by atoms with Crippen molar-refractivity contribution < 1.29 is 24.3 Å². The third-order valence-electron chi connectivity index (χ3n) is 8.08. The zero-order valence-electron chi connectivity index (χ0n) is 25.2. The number of aliphatic carboxylic acids is 1. The minimum Gasteiger partial charge on any atom is -0.480 e. The van der Waals surface area contributed by atoms with Crippen LogP contribution in [-0.2, 0) is 20.8 Å². The van der Waals surface area contributed by atoms with Gasteiger partial charge in [-0.1, -0.05) is 51.8 Å². The highest BCUT2D eigenvalue weighted by Crippen LogP contribution is 2.25. The van der Waals surface area contributed by atoms with Gasteiger partial charge < -0.3 is 30.9 Å². The molecule has 0 aliphatic carbocycles. The Balaban J connectivity index is 1.90. The molecule has 0 bridgehead atoms. The van der Waals surface area contributed by atoms with E-state index in [0.717, 1.165) is 31.1 Å². The molecule has 4 amide bonds. The van der Waals surface area contributed by atoms with E-state index < -0.39 is 35.9 Å². The molecule has 3 rings (SSSR count). The van der Waals surface area contributed by atoms with Crippen LogP contribution in [0.2, 0.25) is 0 Å². The summed E-state index contributed by atoms with van der Waals surface area (Å²) in [5.74, 6) is -2.70. The average Bonchev–Trinajstić information content (AvgIpc) is 3.30. The summed E-state index contributed by atoms with van der Waals surface area (Å²) in [6.07, 6.45) is 4.34. The van der Waals surface area contributed by atoms with Crippen molar-refractivity contribution in [3.63, 3.8) is 0 Å². The number of nitrogens with zero attached hydrogens (tertiary/aromatic N) is 2. The first-order valence-electron chi connectivity index (χ1n) is 14.9. The number of benzene rings is 1. The number of rotatable bonds is 12. The van der Waals surface area contributed by atoms with Crippen LogP contribution < -0.4 is 16.0 Å². The van der Waals surface area contributed by atoms with Gasteiger partial charge in [-0.25, -0.2) is 9.59 Å². The second kappa shape index (κ2) is 14.7. The molecule has 1 aliphatic heterocycles. The Kier molecular flexibility index (Phi) is 11.4. The average molecular weight is 581 g/mol. The van der Waals surface area contributed by atoms with Crippen LogP contribution in [0.1, 0.15) is 84.4 Å². The summed E-state index contributed by atoms with van der Waals surface area (Å²) >= 11 is 0. The van der Waals surface area contributed by atoms with Gasteiger partial charge in [0.2, 0.25) is 11.8 Å². The molecular formula is C31H44N6O5. The van der Waals surface area contributed by atoms with Gasteiger partial charge in [0.15, 0.2) is 0 Å². The Morgan fingerprint density at radius 3 is 2.29 bits per heavy atom. The van der Waals surface area contributed by atoms with Crippen molar-refractivity contribution in [2.24, 2.45) is 5.92 Å². The van der Waals surface area contributed by atoms with Crippen molar-refractivity contribution in [1.29, 1.82) is 5.26 Å². The Hall–Kier alpha value is -4.07. The summed E-state index contributed by atoms with van der Waals surface area (Å²) < 4.78 is 0. The summed E-state index contributed by atoms with van der Waals surface area (Å²) in [5.41, 5.74) is 1.50. The van der Waals surface area contributed by atoms with Crippen molar-refractivity contribution in [2.75, 3.05) is 0 Å². The maximum Gasteiger partial charge on any atom is 0.326 e. The fraction of sp³-hybridized carbons (Fsp3) is 0.581. The van der Waals surface area contributed by atoms with Crippen molar-refractivity contribution in [3.05, 3.63) is 35.5 Å². The SMILES string of the molecule is CCCC[C@@H](NC(=O)[C@@H](Cc1c(C#N)[nH]c2ccccc12)NC(=O)[C@@H](NC(=O)N1[C@H](C)CCC[C@@H]1C)C(C)C)C(=O)O. The van der Waals surface area contributed by atoms with E-state index in [1.807, 2.05) is 45.0 Å². The van der Waals surface area contributed by atoms with E-state index in [0.29, 0.717) is 17.5 Å². The number of nitrogens with one attached hydrogen (secondary N) is 4. The third-order valence-corrected chi connectivity index (χ3v) is 8.08. The van der Waals surface area contributed by atoms with E-state index >= 15 is 0 Å². The molecule has 11 nitrogen and oxygen atoms in total. The molecule has 228 valence electrons. The monoisotopic (exact) mass is 580 g/mol. The lowest BCUT2D eigenvalue weighted by Crippen LogP contribution is -2.60. The maximum atomic E-state index is 13.7. The predicted octanol–water partition coefficient (Wildman–Crippen LogP) is 3.82. The third kappa shape index (κ3) is 7.81. The molecule has 0 saturated carbocycles. The van der Waals surface area contributed by atoms with Crippen LogP contribution in [-0.4, -0.2) is 69.0 Å². The van der Waals surface area contributed by atoms with Crippen LogP contribution in [0.15, 0.2) is 24.3 Å². The van der Waals surface area contributed by atoms with Crippen LogP contribution in [0.5, 0.6) is 0 Å². The fourth-order valence-electron chi connectivity index (χ4n) is 5.68. The number of carboxylic acids is 1. The zero-order chi connectivity index (χ0) is 31.0. The summed E-state index contributed by atoms with van der Waals surface area (Å²) in [5, 5.41) is 28.5. The molecule has 0 radical (unpaired) electrons. The smallest absolute Gasteiger partial charge is 0.326 e. The quantitative estimate of drug-likeness (QED) is 0.256. The van der Waals surface area contributed by atoms with E-state index in [2.05, 4.69) is 27.0 Å². The largest absolute Gasteiger partial charge is 0.480 e. The summed E-state index contributed by atoms with van der Waals surface area (Å²) in [7, 11) is 0. The molecule has 5 N–H and O–H groups in total. The molecule has 1 aromatic carbocycles. The molecular weight excluding hydrogens is 536 g/mol. The molecule has 5 atom stereocenters. The van der Waals surface area contributed by atoms with E-state index in [-0.39, 0.29) is 42.6 Å². The normalized spacial score (nSPS) is 19.0. The molecule has 42 heavy (non-hydrogen) atoms. The Bertz CT molecular complexity index is 1300. The highest BCUT2D eigenvalue weighted by molar-refractivity contribution is 5.94. The number of aromatic nitrogens is 1. The molecule has 1 saturated heterocycles. The van der Waals surface area contributed by atoms with Crippen molar-refractivity contribution in [3.8, 4) is 6.07 Å². The van der Waals surface area contributed by atoms with Crippen molar-refractivity contribution >= 4 is 34.7 Å². The number of carbonyl (C=O) groups excluding carboxylic acids is 3. The molecule has 11 heteroatoms. The number of likely N-dealkylation sites (tertiary alicyclic amines) is 1. The van der Waals surface area contributed by atoms with Gasteiger partial charge in [-0.3, -0.25) is 9.59 Å². The summed E-state index contributed by atoms with van der Waals surface area (Å²) in [6, 6.07) is 5.85. The lowest BCUT2D eigenvalue weighted by Gasteiger charge is -2.40. The fourth-order valence-corrected chi connectivity index (χ4v) is 5.68. The summed E-state index contributed by atoms with van der Waals surface area (Å²) in [6.45, 7) is 9.52. The standard InChI is InChI=1S/C31H44N6O5/c1-6-7-14-24(30(40)41)34-28(38)25(16-22-21-13-8-9-15-23(21)33-26(22)17-32)35-29(39)27(18(2)3)36-31(42)37-19(4)11-10-12-20(37)5/h8-9,13,15,18-20,24-25,27,33H,6-7,10-12,14,16H2,1-5H3,(H,34,38)(H,35,39)(H,36,42)(H,40,41)/t19-,20+,24-,25-,27+/m1/s1. The predicted molar refractivity (Wildman–Crippen MR) is 160 cm³/mol. The van der Waals surface area contributed by atoms with Crippen LogP contribution in [0.25, 0.3) is 10.9 Å². The number of hydrogen-bond donors (Lipinski definition) is 5. The van der Waals surface area contributed by atoms with Crippen LogP contribution in [0.4, 0.5) is 4.79 Å². The number of para-hydroxylation sites is 1. The number of aromatic amines is 1. The first kappa shape index (κ1) is 32.4. The second-order valence-corrected chi connectivity index (χ2v) is 11.7. The molecule has 0 unspecified atom stereocenters. The molecule has 1 aromatic heterocycles. The lowest BCUT2D eigenvalue weighted by molar-refractivity contribution is -0.142. The number of H-pyrrole nitrogens is 1. The molecule has 2 heterocycles. The Labute approximate surface area is 247 Å². The van der Waals surface area contributed by atoms with Gasteiger partial charge in [-0.05, 0) is 57.1 Å². The lowest BCUT2D eigenvalue weighted by atomic mass is 9.97. The van der Waals surface area contributed by atoms with Gasteiger partial charge in [0.25, 0.3) is 0 Å². The van der Waals surface area contributed by atoms with E-state index in [9.17, 15) is 29.5 Å². The second-order valence-electron chi connectivity index (χ2n) is 11.7. The van der Waals surface area contributed by atoms with Crippen LogP contribution in [0, 0.1) is 17.2 Å². The highest BCUT2D eigenvalue weighted by atomic mass is 16.4. The van der Waals surface area contributed by atoms with Gasteiger partial charge >= 0.3 is 12.0 Å².